The molecule has 2 amide bonds. The van der Waals surface area contributed by atoms with E-state index in [0.29, 0.717) is 17.3 Å². The molecule has 1 N–H and O–H groups in total. The highest BCUT2D eigenvalue weighted by atomic mass is 32.2. The van der Waals surface area contributed by atoms with Gasteiger partial charge in [-0.25, -0.2) is 8.42 Å². The molecular formula is C22H29N5O4S2. The molecule has 0 bridgehead atoms. The van der Waals surface area contributed by atoms with E-state index >= 15 is 0 Å². The molecule has 11 heteroatoms. The fourth-order valence-electron chi connectivity index (χ4n) is 4.70. The van der Waals surface area contributed by atoms with E-state index in [1.165, 1.54) is 18.7 Å². The maximum Gasteiger partial charge on any atom is 0.233 e. The van der Waals surface area contributed by atoms with E-state index in [4.69, 9.17) is 0 Å². The lowest BCUT2D eigenvalue weighted by Gasteiger charge is -2.38. The summed E-state index contributed by atoms with van der Waals surface area (Å²) in [6.07, 6.45) is 7.25. The van der Waals surface area contributed by atoms with E-state index in [2.05, 4.69) is 15.5 Å². The minimum atomic E-state index is -3.08. The summed E-state index contributed by atoms with van der Waals surface area (Å²) < 4.78 is 26.0. The number of hydrogen-bond donors (Lipinski definition) is 1. The van der Waals surface area contributed by atoms with Crippen molar-refractivity contribution in [2.45, 2.75) is 62.7 Å². The van der Waals surface area contributed by atoms with Gasteiger partial charge < -0.3 is 10.2 Å². The van der Waals surface area contributed by atoms with Gasteiger partial charge in [0.25, 0.3) is 0 Å². The summed E-state index contributed by atoms with van der Waals surface area (Å²) in [5.74, 6) is 0.173. The van der Waals surface area contributed by atoms with E-state index in [1.807, 2.05) is 23.1 Å². The first kappa shape index (κ1) is 23.7. The summed E-state index contributed by atoms with van der Waals surface area (Å²) in [5.41, 5.74) is 1.43. The normalized spacial score (nSPS) is 20.5. The Morgan fingerprint density at radius 3 is 2.67 bits per heavy atom. The van der Waals surface area contributed by atoms with E-state index in [0.717, 1.165) is 37.8 Å². The maximum atomic E-state index is 13.4. The maximum absolute atomic E-state index is 13.4. The molecule has 1 saturated carbocycles. The fraction of sp³-hybridized carbons (Fsp3) is 0.545. The van der Waals surface area contributed by atoms with Crippen LogP contribution in [0.1, 0.15) is 45.4 Å². The zero-order chi connectivity index (χ0) is 23.4. The molecule has 2 heterocycles. The van der Waals surface area contributed by atoms with Gasteiger partial charge in [0.2, 0.25) is 11.8 Å². The van der Waals surface area contributed by atoms with E-state index in [1.54, 1.807) is 17.0 Å². The third kappa shape index (κ3) is 5.94. The van der Waals surface area contributed by atoms with Crippen LogP contribution in [0.25, 0.3) is 5.69 Å². The first-order valence-electron chi connectivity index (χ1n) is 11.2. The molecule has 1 aliphatic heterocycles. The van der Waals surface area contributed by atoms with Gasteiger partial charge in [0.15, 0.2) is 15.0 Å². The average molecular weight is 492 g/mol. The lowest BCUT2D eigenvalue weighted by Crippen LogP contribution is -2.49. The monoisotopic (exact) mass is 491 g/mol. The minimum absolute atomic E-state index is 0.0458. The number of nitrogens with zero attached hydrogens (tertiary/aromatic N) is 4. The molecular weight excluding hydrogens is 462 g/mol. The van der Waals surface area contributed by atoms with Crippen LogP contribution in [0, 0.1) is 0 Å². The molecule has 33 heavy (non-hydrogen) atoms. The molecule has 178 valence electrons. The summed E-state index contributed by atoms with van der Waals surface area (Å²) in [5, 5.41) is 11.5. The number of nitrogens with one attached hydrogen (secondary N) is 1. The molecule has 0 radical (unpaired) electrons. The zero-order valence-electron chi connectivity index (χ0n) is 18.6. The number of hydrogen-bond acceptors (Lipinski definition) is 7. The fourth-order valence-corrected chi connectivity index (χ4v) is 7.21. The average Bonchev–Trinajstić information content (AvgIpc) is 3.39. The molecule has 1 saturated heterocycles. The summed E-state index contributed by atoms with van der Waals surface area (Å²) in [6, 6.07) is 7.18. The molecule has 2 aliphatic rings. The van der Waals surface area contributed by atoms with Crippen molar-refractivity contribution in [2.75, 3.05) is 22.6 Å². The number of aromatic nitrogens is 3. The molecule has 0 spiro atoms. The van der Waals surface area contributed by atoms with Gasteiger partial charge >= 0.3 is 0 Å². The third-order valence-corrected chi connectivity index (χ3v) is 8.82. The third-order valence-electron chi connectivity index (χ3n) is 6.14. The Kier molecular flexibility index (Phi) is 7.38. The van der Waals surface area contributed by atoms with E-state index in [-0.39, 0.29) is 41.2 Å². The summed E-state index contributed by atoms with van der Waals surface area (Å²) in [6.45, 7) is 1.45. The van der Waals surface area contributed by atoms with Crippen molar-refractivity contribution >= 4 is 39.1 Å². The number of sulfone groups is 1. The van der Waals surface area contributed by atoms with Crippen molar-refractivity contribution in [1.29, 1.82) is 0 Å². The second-order valence-electron chi connectivity index (χ2n) is 8.65. The van der Waals surface area contributed by atoms with Crippen LogP contribution in [0.4, 0.5) is 5.69 Å². The highest BCUT2D eigenvalue weighted by Crippen LogP contribution is 2.30. The number of carbonyl (C=O) groups is 2. The predicted molar refractivity (Wildman–Crippen MR) is 127 cm³/mol. The smallest absolute Gasteiger partial charge is 0.233 e. The zero-order valence-corrected chi connectivity index (χ0v) is 20.3. The topological polar surface area (TPSA) is 114 Å². The minimum Gasteiger partial charge on any atom is -0.335 e. The van der Waals surface area contributed by atoms with Crippen LogP contribution in [0.15, 0.2) is 35.7 Å². The van der Waals surface area contributed by atoms with Crippen LogP contribution in [0.5, 0.6) is 0 Å². The second kappa shape index (κ2) is 10.3. The number of carbonyl (C=O) groups excluding carboxylic acids is 2. The van der Waals surface area contributed by atoms with Crippen molar-refractivity contribution in [3.8, 4) is 5.69 Å². The van der Waals surface area contributed by atoms with E-state index in [9.17, 15) is 18.0 Å². The van der Waals surface area contributed by atoms with Gasteiger partial charge in [0, 0.05) is 24.7 Å². The SMILES string of the molecule is CC(=O)Nc1cccc(-n2cnnc2SCC(=O)N(C2CCCCC2)C2CCS(=O)(=O)C2)c1. The first-order valence-corrected chi connectivity index (χ1v) is 14.1. The van der Waals surface area contributed by atoms with Gasteiger partial charge in [-0.15, -0.1) is 10.2 Å². The van der Waals surface area contributed by atoms with Crippen LogP contribution in [0.2, 0.25) is 0 Å². The molecule has 1 aliphatic carbocycles. The lowest BCUT2D eigenvalue weighted by atomic mass is 9.93. The van der Waals surface area contributed by atoms with E-state index < -0.39 is 9.84 Å². The second-order valence-corrected chi connectivity index (χ2v) is 11.8. The van der Waals surface area contributed by atoms with Crippen LogP contribution in [-0.2, 0) is 19.4 Å². The molecule has 9 nitrogen and oxygen atoms in total. The predicted octanol–water partition coefficient (Wildman–Crippen LogP) is 2.67. The number of anilines is 1. The molecule has 1 aromatic carbocycles. The number of thioether (sulfide) groups is 1. The standard InChI is InChI=1S/C22H29N5O4S2/c1-16(28)24-17-6-5-9-19(12-17)26-15-23-25-22(26)32-13-21(29)27(18-7-3-2-4-8-18)20-10-11-33(30,31)14-20/h5-6,9,12,15,18,20H,2-4,7-8,10-11,13-14H2,1H3,(H,24,28). The first-order chi connectivity index (χ1) is 15.8. The highest BCUT2D eigenvalue weighted by molar-refractivity contribution is 7.99. The summed E-state index contributed by atoms with van der Waals surface area (Å²) >= 11 is 1.29. The molecule has 1 aromatic heterocycles. The molecule has 4 rings (SSSR count). The summed E-state index contributed by atoms with van der Waals surface area (Å²) in [7, 11) is -3.08. The quantitative estimate of drug-likeness (QED) is 0.592. The van der Waals surface area contributed by atoms with Crippen LogP contribution in [0.3, 0.4) is 0 Å². The van der Waals surface area contributed by atoms with Gasteiger partial charge in [-0.3, -0.25) is 14.2 Å². The Morgan fingerprint density at radius 1 is 1.18 bits per heavy atom. The Hall–Kier alpha value is -2.40. The van der Waals surface area contributed by atoms with Crippen LogP contribution < -0.4 is 5.32 Å². The van der Waals surface area contributed by atoms with Gasteiger partial charge in [-0.2, -0.15) is 0 Å². The van der Waals surface area contributed by atoms with Gasteiger partial charge in [0.05, 0.1) is 22.9 Å². The van der Waals surface area contributed by atoms with Crippen molar-refractivity contribution in [3.05, 3.63) is 30.6 Å². The molecule has 2 aromatic rings. The number of benzene rings is 1. The largest absolute Gasteiger partial charge is 0.335 e. The molecule has 2 fully saturated rings. The number of amides is 2. The van der Waals surface area contributed by atoms with Crippen molar-refractivity contribution in [1.82, 2.24) is 19.7 Å². The van der Waals surface area contributed by atoms with Crippen molar-refractivity contribution in [2.24, 2.45) is 0 Å². The Balaban J connectivity index is 1.48. The Morgan fingerprint density at radius 2 is 1.97 bits per heavy atom. The Labute approximate surface area is 198 Å². The molecule has 1 atom stereocenters. The lowest BCUT2D eigenvalue weighted by molar-refractivity contribution is -0.133. The van der Waals surface area contributed by atoms with Crippen LogP contribution >= 0.6 is 11.8 Å². The highest BCUT2D eigenvalue weighted by Gasteiger charge is 2.38. The summed E-state index contributed by atoms with van der Waals surface area (Å²) in [4.78, 5) is 26.6. The van der Waals surface area contributed by atoms with Crippen molar-refractivity contribution < 1.29 is 18.0 Å². The van der Waals surface area contributed by atoms with Crippen LogP contribution in [-0.4, -0.2) is 69.2 Å². The van der Waals surface area contributed by atoms with Crippen molar-refractivity contribution in [3.63, 3.8) is 0 Å². The van der Waals surface area contributed by atoms with Gasteiger partial charge in [-0.1, -0.05) is 37.1 Å². The van der Waals surface area contributed by atoms with Gasteiger partial charge in [0.1, 0.15) is 6.33 Å². The number of rotatable bonds is 7. The molecule has 1 unspecified atom stereocenters. The van der Waals surface area contributed by atoms with Gasteiger partial charge in [-0.05, 0) is 37.5 Å². The Bertz CT molecular complexity index is 1110.